The molecular formula is C115H93BN4. The highest BCUT2D eigenvalue weighted by atomic mass is 15.2. The minimum Gasteiger partial charge on any atom is -0.310 e. The van der Waals surface area contributed by atoms with Gasteiger partial charge in [0.2, 0.25) is 0 Å². The molecule has 2 aliphatic heterocycles. The molecule has 0 bridgehead atoms. The fraction of sp³-hybridized carbons (Fsp3) is 0.113. The second kappa shape index (κ2) is 28.7. The van der Waals surface area contributed by atoms with Crippen LogP contribution in [-0.2, 0) is 16.2 Å². The molecule has 0 N–H and O–H groups in total. The lowest BCUT2D eigenvalue weighted by atomic mass is 9.33. The Balaban J connectivity index is 1.04. The standard InChI is InChI=1S/C115H93BN4/c1-74-63-98-105(73-101(74)118-100-56-36-54-90(78-43-25-14-26-44-78)109(100)92-61-58-84(65-103(92)118)76-39-21-12-22-40-76)120(112-95(81-49-31-17-32-50-81)68-86(114(5,6)7)69-96(112)82-51-33-18-34-52-82)107-71-87(115(8,9)10)70-106-110(107)116(98)97-62-59-88(72-104(97)119(106)111-93(79-45-27-15-28-46-79)66-85(113(2,3)4)67-94(111)80-47-29-16-30-48-80)117-99-55-35-53-89(77-41-23-13-24-42-77)108(99)91-60-57-83(64-102(91)117)75-37-19-11-20-38-75/h11-73H,1-10H3/i11D,12D,19D,20D,21D,22D,35D,36D,37D,38D,39D,40D,53D,54D,55D,56D,57D,58D,59D,60D,61D,62D,63D,64D,65D,72D,73D. The van der Waals surface area contributed by atoms with E-state index in [1.807, 2.05) is 164 Å². The number of hydrogen-bond donors (Lipinski definition) is 0. The van der Waals surface area contributed by atoms with Crippen molar-refractivity contribution in [1.29, 1.82) is 0 Å². The maximum absolute atomic E-state index is 12.4. The summed E-state index contributed by atoms with van der Waals surface area (Å²) >= 11 is 0. The lowest BCUT2D eigenvalue weighted by Gasteiger charge is -2.47. The highest BCUT2D eigenvalue weighted by Crippen LogP contribution is 2.57. The number of aromatic nitrogens is 2. The van der Waals surface area contributed by atoms with Crippen molar-refractivity contribution in [2.75, 3.05) is 9.80 Å². The SMILES string of the molecule is [2H]c1c([2H])c([2H])c(-c2c([2H])c([2H])c3c4c(-c5ccccc5)c([2H])c([2H])c([2H])c4n(-c4c([2H])c([2H])c5c(c4[2H])N(c4c(-c6ccccc6)cc(C(C)(C)C)cc4-c4ccccc4)c4cc(C(C)(C)C)cc6c4B5c4c([2H])c(C)c(-n5c7c([2H])c(-c8c([2H])c([2H])c([2H])c([2H])c8[2H])c([2H])c([2H])c7c7c(-c8ccccc8)c([2H])c([2H])c([2H])c75)c([2H])c4N6c4c(-c5ccccc5)cc(C(C)(C)C)cc4-c4ccccc4)c3c2[2H])c([2H])c1[2H]. The van der Waals surface area contributed by atoms with Gasteiger partial charge >= 0.3 is 0 Å². The Morgan fingerprint density at radius 2 is 0.625 bits per heavy atom. The monoisotopic (exact) mass is 1570 g/mol. The van der Waals surface area contributed by atoms with Gasteiger partial charge in [-0.1, -0.05) is 365 Å². The van der Waals surface area contributed by atoms with E-state index in [1.54, 1.807) is 60.7 Å². The third kappa shape index (κ3) is 12.3. The number of nitrogens with zero attached hydrogens (tertiary/aromatic N) is 4. The Morgan fingerprint density at radius 1 is 0.267 bits per heavy atom. The van der Waals surface area contributed by atoms with E-state index in [4.69, 9.17) is 8.22 Å². The highest BCUT2D eigenvalue weighted by Gasteiger charge is 2.47. The maximum Gasteiger partial charge on any atom is 0.252 e. The molecule has 2 aromatic heterocycles. The summed E-state index contributed by atoms with van der Waals surface area (Å²) in [6.07, 6.45) is 0. The summed E-state index contributed by atoms with van der Waals surface area (Å²) in [6.45, 7) is 18.5. The predicted molar refractivity (Wildman–Crippen MR) is 513 cm³/mol. The van der Waals surface area contributed by atoms with Gasteiger partial charge < -0.3 is 18.9 Å². The molecule has 5 heteroatoms. The first-order valence-corrected chi connectivity index (χ1v) is 40.2. The second-order valence-electron chi connectivity index (χ2n) is 33.9. The van der Waals surface area contributed by atoms with Crippen molar-refractivity contribution < 1.29 is 37.0 Å². The summed E-state index contributed by atoms with van der Waals surface area (Å²) in [5.41, 5.74) is 1.22. The van der Waals surface area contributed by atoms with Crippen molar-refractivity contribution in [2.45, 2.75) is 85.5 Å². The predicted octanol–water partition coefficient (Wildman–Crippen LogP) is 29.5. The van der Waals surface area contributed by atoms with Crippen LogP contribution < -0.4 is 26.2 Å². The van der Waals surface area contributed by atoms with Crippen molar-refractivity contribution in [3.05, 3.63) is 404 Å². The van der Waals surface area contributed by atoms with Gasteiger partial charge in [-0.25, -0.2) is 0 Å². The third-order valence-electron chi connectivity index (χ3n) is 23.3. The zero-order chi connectivity index (χ0) is 105. The minimum atomic E-state index is -1.68. The van der Waals surface area contributed by atoms with E-state index in [9.17, 15) is 28.8 Å². The number of rotatable bonds is 12. The van der Waals surface area contributed by atoms with Crippen LogP contribution in [0.4, 0.5) is 34.1 Å². The van der Waals surface area contributed by atoms with E-state index >= 15 is 0 Å². The topological polar surface area (TPSA) is 16.3 Å². The molecule has 17 aromatic carbocycles. The highest BCUT2D eigenvalue weighted by molar-refractivity contribution is 7.00. The Labute approximate surface area is 743 Å². The fourth-order valence-electron chi connectivity index (χ4n) is 17.3. The summed E-state index contributed by atoms with van der Waals surface area (Å²) in [5.74, 6) is 0. The molecule has 4 heterocycles. The average Bonchev–Trinajstić information content (AvgIpc) is 1.54. The first-order valence-electron chi connectivity index (χ1n) is 53.7. The Bertz CT molecular complexity index is 8300. The van der Waals surface area contributed by atoms with Crippen molar-refractivity contribution >= 4 is 101 Å². The van der Waals surface area contributed by atoms with E-state index in [-0.39, 0.29) is 94.2 Å². The smallest absolute Gasteiger partial charge is 0.252 e. The van der Waals surface area contributed by atoms with Gasteiger partial charge in [-0.15, -0.1) is 0 Å². The first kappa shape index (κ1) is 49.9. The summed E-state index contributed by atoms with van der Waals surface area (Å²) in [7, 11) is 0. The van der Waals surface area contributed by atoms with Gasteiger partial charge in [0.15, 0.2) is 0 Å². The van der Waals surface area contributed by atoms with Crippen molar-refractivity contribution in [3.63, 3.8) is 0 Å². The fourth-order valence-corrected chi connectivity index (χ4v) is 17.3. The number of hydrogen-bond acceptors (Lipinski definition) is 2. The number of fused-ring (bicyclic) bond motifs is 10. The molecule has 0 fully saturated rings. The number of benzene rings is 17. The summed E-state index contributed by atoms with van der Waals surface area (Å²) in [6, 6.07) is 47.6. The quantitative estimate of drug-likeness (QED) is 0.113. The zero-order valence-electron chi connectivity index (χ0n) is 94.7. The van der Waals surface area contributed by atoms with Crippen molar-refractivity contribution in [1.82, 2.24) is 9.13 Å². The van der Waals surface area contributed by atoms with Crippen molar-refractivity contribution in [2.24, 2.45) is 0 Å². The largest absolute Gasteiger partial charge is 0.310 e. The van der Waals surface area contributed by atoms with Gasteiger partial charge in [0.25, 0.3) is 6.71 Å². The molecule has 0 aliphatic carbocycles. The van der Waals surface area contributed by atoms with Crippen LogP contribution in [0.25, 0.3) is 144 Å². The molecule has 0 spiro atoms. The van der Waals surface area contributed by atoms with E-state index in [0.29, 0.717) is 66.9 Å². The maximum atomic E-state index is 12.4. The van der Waals surface area contributed by atoms with Crippen LogP contribution in [0.2, 0.25) is 0 Å². The minimum absolute atomic E-state index is 0.0438. The van der Waals surface area contributed by atoms with Crippen LogP contribution in [0, 0.1) is 6.92 Å². The molecule has 0 atom stereocenters. The average molecular weight is 1570 g/mol. The van der Waals surface area contributed by atoms with Gasteiger partial charge in [-0.3, -0.25) is 0 Å². The lowest BCUT2D eigenvalue weighted by Crippen LogP contribution is -2.61. The van der Waals surface area contributed by atoms with E-state index in [1.165, 1.54) is 11.5 Å². The van der Waals surface area contributed by atoms with E-state index in [2.05, 4.69) is 65.8 Å². The Morgan fingerprint density at radius 3 is 1.02 bits per heavy atom. The van der Waals surface area contributed by atoms with E-state index in [0.717, 1.165) is 15.7 Å². The van der Waals surface area contributed by atoms with Gasteiger partial charge in [-0.2, -0.15) is 0 Å². The summed E-state index contributed by atoms with van der Waals surface area (Å²) in [4.78, 5) is 3.86. The Kier molecular flexibility index (Phi) is 11.9. The Hall–Kier alpha value is -14.0. The molecule has 2 aliphatic rings. The molecule has 4 nitrogen and oxygen atoms in total. The molecule has 19 aromatic rings. The molecular weight excluding hydrogens is 1450 g/mol. The molecule has 0 saturated carbocycles. The third-order valence-corrected chi connectivity index (χ3v) is 23.3. The molecule has 120 heavy (non-hydrogen) atoms. The van der Waals surface area contributed by atoms with Crippen molar-refractivity contribution in [3.8, 4) is 100 Å². The van der Waals surface area contributed by atoms with Crippen LogP contribution in [0.15, 0.2) is 382 Å². The van der Waals surface area contributed by atoms with Gasteiger partial charge in [0, 0.05) is 72.2 Å². The van der Waals surface area contributed by atoms with Crippen LogP contribution in [0.1, 0.15) is 122 Å². The summed E-state index contributed by atoms with van der Waals surface area (Å²) < 4.78 is 280. The molecule has 21 rings (SSSR count). The molecule has 0 radical (unpaired) electrons. The first-order chi connectivity index (χ1) is 69.7. The van der Waals surface area contributed by atoms with Crippen LogP contribution >= 0.6 is 0 Å². The normalized spacial score (nSPS) is 15.8. The molecule has 0 amide bonds. The summed E-state index contributed by atoms with van der Waals surface area (Å²) in [5, 5.41) is -0.931. The van der Waals surface area contributed by atoms with Crippen LogP contribution in [0.3, 0.4) is 0 Å². The molecule has 0 unspecified atom stereocenters. The van der Waals surface area contributed by atoms with Gasteiger partial charge in [0.1, 0.15) is 0 Å². The number of anilines is 6. The van der Waals surface area contributed by atoms with Crippen LogP contribution in [0.5, 0.6) is 0 Å². The second-order valence-corrected chi connectivity index (χ2v) is 33.9. The lowest BCUT2D eigenvalue weighted by molar-refractivity contribution is 0.590. The molecule has 0 saturated heterocycles. The van der Waals surface area contributed by atoms with Crippen LogP contribution in [-0.4, -0.2) is 15.8 Å². The van der Waals surface area contributed by atoms with E-state index < -0.39 is 231 Å². The van der Waals surface area contributed by atoms with Gasteiger partial charge in [-0.05, 0) is 207 Å². The zero-order valence-corrected chi connectivity index (χ0v) is 67.7. The van der Waals surface area contributed by atoms with Gasteiger partial charge in [0.05, 0.1) is 76.1 Å². The molecule has 576 valence electrons.